The van der Waals surface area contributed by atoms with E-state index in [1.165, 1.54) is 0 Å². The Morgan fingerprint density at radius 3 is 2.56 bits per heavy atom. The molecular weight excluding hydrogens is 234 g/mol. The molecule has 0 radical (unpaired) electrons. The molecule has 1 aromatic carbocycles. The second-order valence-corrected chi connectivity index (χ2v) is 3.76. The Morgan fingerprint density at radius 2 is 1.78 bits per heavy atom. The number of nitrogens with two attached hydrogens (primary N) is 2. The van der Waals surface area contributed by atoms with Gasteiger partial charge in [-0.3, -0.25) is 0 Å². The van der Waals surface area contributed by atoms with Crippen LogP contribution in [0.1, 0.15) is 0 Å². The number of ether oxygens (including phenoxy) is 2. The van der Waals surface area contributed by atoms with Crippen molar-refractivity contribution >= 4 is 11.8 Å². The van der Waals surface area contributed by atoms with E-state index in [-0.39, 0.29) is 11.8 Å². The fourth-order valence-corrected chi connectivity index (χ4v) is 1.75. The molecule has 2 heterocycles. The Labute approximate surface area is 103 Å². The van der Waals surface area contributed by atoms with E-state index in [1.54, 1.807) is 12.1 Å². The van der Waals surface area contributed by atoms with Crippen LogP contribution in [-0.4, -0.2) is 28.4 Å². The normalized spacial score (nSPS) is 13.3. The summed E-state index contributed by atoms with van der Waals surface area (Å²) in [5, 5.41) is 7.63. The van der Waals surface area contributed by atoms with E-state index < -0.39 is 0 Å². The first kappa shape index (κ1) is 10.6. The molecule has 0 bridgehead atoms. The maximum Gasteiger partial charge on any atom is 0.242 e. The highest BCUT2D eigenvalue weighted by Crippen LogP contribution is 2.34. The number of nitrogen functional groups attached to an aromatic ring is 2. The van der Waals surface area contributed by atoms with Crippen LogP contribution in [0.2, 0.25) is 0 Å². The molecule has 7 nitrogen and oxygen atoms in total. The van der Waals surface area contributed by atoms with Crippen LogP contribution in [0.25, 0.3) is 11.3 Å². The average molecular weight is 245 g/mol. The molecule has 0 spiro atoms. The van der Waals surface area contributed by atoms with Crippen LogP contribution in [0.5, 0.6) is 11.5 Å². The quantitative estimate of drug-likeness (QED) is 0.751. The lowest BCUT2D eigenvalue weighted by Crippen LogP contribution is -2.15. The van der Waals surface area contributed by atoms with E-state index in [2.05, 4.69) is 15.2 Å². The Balaban J connectivity index is 2.06. The number of hydrogen-bond acceptors (Lipinski definition) is 7. The van der Waals surface area contributed by atoms with Crippen molar-refractivity contribution in [1.29, 1.82) is 0 Å². The van der Waals surface area contributed by atoms with Crippen LogP contribution in [0, 0.1) is 0 Å². The van der Waals surface area contributed by atoms with E-state index in [0.717, 1.165) is 5.56 Å². The largest absolute Gasteiger partial charge is 0.486 e. The molecule has 0 unspecified atom stereocenters. The molecule has 0 saturated heterocycles. The highest BCUT2D eigenvalue weighted by molar-refractivity contribution is 5.72. The van der Waals surface area contributed by atoms with Gasteiger partial charge in [0.15, 0.2) is 17.3 Å². The molecule has 1 aliphatic rings. The minimum absolute atomic E-state index is 0.0498. The van der Waals surface area contributed by atoms with Gasteiger partial charge in [-0.25, -0.2) is 0 Å². The molecule has 1 aliphatic heterocycles. The summed E-state index contributed by atoms with van der Waals surface area (Å²) in [4.78, 5) is 3.87. The van der Waals surface area contributed by atoms with Crippen LogP contribution >= 0.6 is 0 Å². The minimum atomic E-state index is 0.0498. The molecule has 0 amide bonds. The fourth-order valence-electron chi connectivity index (χ4n) is 1.75. The number of rotatable bonds is 1. The Hall–Kier alpha value is -2.57. The van der Waals surface area contributed by atoms with E-state index in [0.29, 0.717) is 30.4 Å². The zero-order valence-electron chi connectivity index (χ0n) is 9.46. The summed E-state index contributed by atoms with van der Waals surface area (Å²) in [6, 6.07) is 5.43. The summed E-state index contributed by atoms with van der Waals surface area (Å²) in [5.41, 5.74) is 12.4. The highest BCUT2D eigenvalue weighted by Gasteiger charge is 2.15. The van der Waals surface area contributed by atoms with Gasteiger partial charge in [-0.05, 0) is 18.2 Å². The van der Waals surface area contributed by atoms with Gasteiger partial charge in [0.1, 0.15) is 18.9 Å². The molecule has 2 aromatic rings. The van der Waals surface area contributed by atoms with Crippen molar-refractivity contribution in [2.75, 3.05) is 24.7 Å². The summed E-state index contributed by atoms with van der Waals surface area (Å²) in [5.74, 6) is 1.66. The molecule has 7 heteroatoms. The number of fused-ring (bicyclic) bond motifs is 1. The molecule has 0 saturated carbocycles. The first-order valence-electron chi connectivity index (χ1n) is 5.40. The zero-order chi connectivity index (χ0) is 12.5. The molecule has 3 rings (SSSR count). The molecule has 0 aliphatic carbocycles. The molecule has 4 N–H and O–H groups in total. The van der Waals surface area contributed by atoms with Crippen molar-refractivity contribution in [3.63, 3.8) is 0 Å². The van der Waals surface area contributed by atoms with E-state index >= 15 is 0 Å². The van der Waals surface area contributed by atoms with E-state index in [1.807, 2.05) is 6.07 Å². The molecule has 18 heavy (non-hydrogen) atoms. The average Bonchev–Trinajstić information content (AvgIpc) is 2.38. The van der Waals surface area contributed by atoms with E-state index in [4.69, 9.17) is 20.9 Å². The number of nitrogens with zero attached hydrogens (tertiary/aromatic N) is 3. The summed E-state index contributed by atoms with van der Waals surface area (Å²) in [7, 11) is 0. The number of anilines is 2. The van der Waals surface area contributed by atoms with Gasteiger partial charge in [0, 0.05) is 5.56 Å². The van der Waals surface area contributed by atoms with Gasteiger partial charge in [-0.2, -0.15) is 4.98 Å². The summed E-state index contributed by atoms with van der Waals surface area (Å²) >= 11 is 0. The standard InChI is InChI=1S/C11H11N5O2/c12-10-9(15-16-11(13)14-10)6-1-2-7-8(5-6)18-4-3-17-7/h1-2,5H,3-4H2,(H4,12,13,14,16). The SMILES string of the molecule is Nc1nnc(-c2ccc3c(c2)OCCO3)c(N)n1. The first-order valence-corrected chi connectivity index (χ1v) is 5.40. The van der Waals surface area contributed by atoms with E-state index in [9.17, 15) is 0 Å². The predicted molar refractivity (Wildman–Crippen MR) is 65.1 cm³/mol. The number of hydrogen-bond donors (Lipinski definition) is 2. The third-order valence-corrected chi connectivity index (χ3v) is 2.55. The first-order chi connectivity index (χ1) is 8.74. The van der Waals surface area contributed by atoms with Crippen molar-refractivity contribution in [3.8, 4) is 22.8 Å². The van der Waals surface area contributed by atoms with Gasteiger partial charge in [-0.15, -0.1) is 10.2 Å². The van der Waals surface area contributed by atoms with Crippen LogP contribution < -0.4 is 20.9 Å². The summed E-state index contributed by atoms with van der Waals surface area (Å²) in [6.07, 6.45) is 0. The maximum atomic E-state index is 5.76. The number of benzene rings is 1. The third-order valence-electron chi connectivity index (χ3n) is 2.55. The van der Waals surface area contributed by atoms with Gasteiger partial charge < -0.3 is 20.9 Å². The summed E-state index contributed by atoms with van der Waals surface area (Å²) in [6.45, 7) is 1.08. The van der Waals surface area contributed by atoms with Crippen molar-refractivity contribution < 1.29 is 9.47 Å². The minimum Gasteiger partial charge on any atom is -0.486 e. The van der Waals surface area contributed by atoms with Crippen LogP contribution in [0.15, 0.2) is 18.2 Å². The topological polar surface area (TPSA) is 109 Å². The molecule has 92 valence electrons. The van der Waals surface area contributed by atoms with Crippen LogP contribution in [-0.2, 0) is 0 Å². The number of aromatic nitrogens is 3. The summed E-state index contributed by atoms with van der Waals surface area (Å²) < 4.78 is 10.9. The van der Waals surface area contributed by atoms with Crippen LogP contribution in [0.4, 0.5) is 11.8 Å². The molecule has 1 aromatic heterocycles. The second-order valence-electron chi connectivity index (χ2n) is 3.76. The Kier molecular flexibility index (Phi) is 2.36. The zero-order valence-corrected chi connectivity index (χ0v) is 9.46. The lowest BCUT2D eigenvalue weighted by atomic mass is 10.1. The third kappa shape index (κ3) is 1.75. The van der Waals surface area contributed by atoms with Crippen molar-refractivity contribution in [1.82, 2.24) is 15.2 Å². The second kappa shape index (κ2) is 4.02. The Bertz CT molecular complexity index is 602. The monoisotopic (exact) mass is 245 g/mol. The van der Waals surface area contributed by atoms with Gasteiger partial charge in [0.05, 0.1) is 0 Å². The molecule has 0 atom stereocenters. The van der Waals surface area contributed by atoms with Crippen molar-refractivity contribution in [3.05, 3.63) is 18.2 Å². The lowest BCUT2D eigenvalue weighted by molar-refractivity contribution is 0.171. The lowest BCUT2D eigenvalue weighted by Gasteiger charge is -2.18. The van der Waals surface area contributed by atoms with Gasteiger partial charge in [0.25, 0.3) is 0 Å². The molecule has 0 fully saturated rings. The van der Waals surface area contributed by atoms with Gasteiger partial charge in [-0.1, -0.05) is 0 Å². The van der Waals surface area contributed by atoms with Crippen molar-refractivity contribution in [2.45, 2.75) is 0 Å². The molecular formula is C11H11N5O2. The van der Waals surface area contributed by atoms with Gasteiger partial charge >= 0.3 is 0 Å². The maximum absolute atomic E-state index is 5.76. The highest BCUT2D eigenvalue weighted by atomic mass is 16.6. The van der Waals surface area contributed by atoms with Gasteiger partial charge in [0.2, 0.25) is 5.95 Å². The van der Waals surface area contributed by atoms with Crippen molar-refractivity contribution in [2.24, 2.45) is 0 Å². The smallest absolute Gasteiger partial charge is 0.242 e. The van der Waals surface area contributed by atoms with Crippen LogP contribution in [0.3, 0.4) is 0 Å². The predicted octanol–water partition coefficient (Wildman–Crippen LogP) is 0.474. The Morgan fingerprint density at radius 1 is 1.00 bits per heavy atom. The fraction of sp³-hybridized carbons (Fsp3) is 0.182.